The second-order valence-corrected chi connectivity index (χ2v) is 5.68. The fourth-order valence-electron chi connectivity index (χ4n) is 2.34. The molecule has 1 aliphatic heterocycles. The minimum absolute atomic E-state index is 0.0585. The molecule has 1 aliphatic rings. The molecule has 2 heterocycles. The number of halogens is 2. The van der Waals surface area contributed by atoms with Crippen molar-refractivity contribution in [1.29, 1.82) is 0 Å². The summed E-state index contributed by atoms with van der Waals surface area (Å²) in [6, 6.07) is 1.59. The number of pyridine rings is 1. The van der Waals surface area contributed by atoms with Gasteiger partial charge in [-0.05, 0) is 25.5 Å². The zero-order valence-corrected chi connectivity index (χ0v) is 12.5. The van der Waals surface area contributed by atoms with E-state index in [1.807, 2.05) is 4.90 Å². The second-order valence-electron chi connectivity index (χ2n) is 4.83. The third-order valence-electron chi connectivity index (χ3n) is 3.37. The number of piperidine rings is 1. The van der Waals surface area contributed by atoms with E-state index in [0.29, 0.717) is 15.9 Å². The molecule has 20 heavy (non-hydrogen) atoms. The first-order chi connectivity index (χ1) is 9.60. The van der Waals surface area contributed by atoms with Crippen molar-refractivity contribution in [2.24, 2.45) is 0 Å². The average molecular weight is 318 g/mol. The van der Waals surface area contributed by atoms with Crippen molar-refractivity contribution in [3.8, 4) is 0 Å². The zero-order chi connectivity index (χ0) is 14.5. The van der Waals surface area contributed by atoms with Gasteiger partial charge in [-0.25, -0.2) is 4.98 Å². The van der Waals surface area contributed by atoms with Crippen molar-refractivity contribution >= 4 is 34.9 Å². The topological polar surface area (TPSA) is 65.5 Å². The Morgan fingerprint density at radius 2 is 2.30 bits per heavy atom. The number of rotatable bonds is 4. The standard InChI is InChI=1S/C13H17Cl2N3O2/c14-9-5-11(15)13(16-6-9)17-12(20)7-18-4-2-1-3-10(18)8-19/h5-6,10,19H,1-4,7-8H2,(H,16,17,20). The lowest BCUT2D eigenvalue weighted by Gasteiger charge is -2.33. The molecule has 1 aromatic rings. The van der Waals surface area contributed by atoms with E-state index >= 15 is 0 Å². The number of nitrogens with one attached hydrogen (secondary N) is 1. The molecule has 110 valence electrons. The van der Waals surface area contributed by atoms with Gasteiger partial charge in [0.15, 0.2) is 5.82 Å². The summed E-state index contributed by atoms with van der Waals surface area (Å²) in [5.41, 5.74) is 0. The van der Waals surface area contributed by atoms with Gasteiger partial charge in [-0.1, -0.05) is 29.6 Å². The van der Waals surface area contributed by atoms with Crippen LogP contribution in [0, 0.1) is 0 Å². The van der Waals surface area contributed by atoms with Crippen molar-refractivity contribution in [2.75, 3.05) is 25.0 Å². The summed E-state index contributed by atoms with van der Waals surface area (Å²) in [5.74, 6) is 0.112. The number of carbonyl (C=O) groups is 1. The molecule has 1 atom stereocenters. The molecule has 0 radical (unpaired) electrons. The lowest BCUT2D eigenvalue weighted by molar-refractivity contribution is -0.118. The van der Waals surface area contributed by atoms with Crippen LogP contribution in [0.2, 0.25) is 10.0 Å². The van der Waals surface area contributed by atoms with Crippen LogP contribution in [-0.2, 0) is 4.79 Å². The minimum atomic E-state index is -0.193. The van der Waals surface area contributed by atoms with Crippen molar-refractivity contribution in [3.63, 3.8) is 0 Å². The number of carbonyl (C=O) groups excluding carboxylic acids is 1. The molecule has 1 aromatic heterocycles. The van der Waals surface area contributed by atoms with Crippen LogP contribution in [-0.4, -0.2) is 46.6 Å². The second kappa shape index (κ2) is 7.22. The maximum atomic E-state index is 12.0. The number of anilines is 1. The largest absolute Gasteiger partial charge is 0.395 e. The molecule has 0 aliphatic carbocycles. The van der Waals surface area contributed by atoms with E-state index < -0.39 is 0 Å². The Labute approximate surface area is 127 Å². The molecule has 0 saturated carbocycles. The van der Waals surface area contributed by atoms with E-state index in [1.54, 1.807) is 0 Å². The lowest BCUT2D eigenvalue weighted by Crippen LogP contribution is -2.45. The lowest BCUT2D eigenvalue weighted by atomic mass is 10.0. The summed E-state index contributed by atoms with van der Waals surface area (Å²) >= 11 is 11.7. The molecule has 0 spiro atoms. The van der Waals surface area contributed by atoms with Crippen molar-refractivity contribution in [2.45, 2.75) is 25.3 Å². The number of likely N-dealkylation sites (tertiary alicyclic amines) is 1. The Morgan fingerprint density at radius 1 is 1.50 bits per heavy atom. The molecule has 2 rings (SSSR count). The normalized spacial score (nSPS) is 19.9. The van der Waals surface area contributed by atoms with Crippen molar-refractivity contribution in [1.82, 2.24) is 9.88 Å². The molecule has 1 unspecified atom stereocenters. The van der Waals surface area contributed by atoms with Gasteiger partial charge < -0.3 is 10.4 Å². The van der Waals surface area contributed by atoms with Crippen LogP contribution in [0.25, 0.3) is 0 Å². The highest BCUT2D eigenvalue weighted by Crippen LogP contribution is 2.22. The number of aromatic nitrogens is 1. The summed E-state index contributed by atoms with van der Waals surface area (Å²) in [7, 11) is 0. The third kappa shape index (κ3) is 4.06. The summed E-state index contributed by atoms with van der Waals surface area (Å²) in [4.78, 5) is 18.0. The summed E-state index contributed by atoms with van der Waals surface area (Å²) in [6.07, 6.45) is 4.49. The van der Waals surface area contributed by atoms with E-state index in [0.717, 1.165) is 25.8 Å². The molecule has 7 heteroatoms. The molecule has 5 nitrogen and oxygen atoms in total. The first-order valence-electron chi connectivity index (χ1n) is 6.56. The van der Waals surface area contributed by atoms with Crippen LogP contribution in [0.15, 0.2) is 12.3 Å². The highest BCUT2D eigenvalue weighted by Gasteiger charge is 2.23. The van der Waals surface area contributed by atoms with Crippen LogP contribution < -0.4 is 5.32 Å². The molecule has 1 saturated heterocycles. The van der Waals surface area contributed by atoms with Gasteiger partial charge in [-0.2, -0.15) is 0 Å². The summed E-state index contributed by atoms with van der Waals surface area (Å²) in [5, 5.41) is 12.7. The Morgan fingerprint density at radius 3 is 3.00 bits per heavy atom. The van der Waals surface area contributed by atoms with E-state index in [2.05, 4.69) is 10.3 Å². The number of aliphatic hydroxyl groups excluding tert-OH is 1. The van der Waals surface area contributed by atoms with Gasteiger partial charge in [0.1, 0.15) is 0 Å². The Balaban J connectivity index is 1.94. The molecule has 1 fully saturated rings. The molecular formula is C13H17Cl2N3O2. The highest BCUT2D eigenvalue weighted by atomic mass is 35.5. The van der Waals surface area contributed by atoms with E-state index in [1.165, 1.54) is 12.3 Å². The van der Waals surface area contributed by atoms with Crippen LogP contribution in [0.3, 0.4) is 0 Å². The molecular weight excluding hydrogens is 301 g/mol. The fourth-order valence-corrected chi connectivity index (χ4v) is 2.76. The third-order valence-corrected chi connectivity index (χ3v) is 3.87. The minimum Gasteiger partial charge on any atom is -0.395 e. The van der Waals surface area contributed by atoms with Gasteiger partial charge in [0, 0.05) is 12.2 Å². The van der Waals surface area contributed by atoms with Gasteiger partial charge in [0.2, 0.25) is 5.91 Å². The van der Waals surface area contributed by atoms with Crippen LogP contribution in [0.5, 0.6) is 0 Å². The summed E-state index contributed by atoms with van der Waals surface area (Å²) < 4.78 is 0. The monoisotopic (exact) mass is 317 g/mol. The number of hydrogen-bond donors (Lipinski definition) is 2. The van der Waals surface area contributed by atoms with Gasteiger partial charge in [0.25, 0.3) is 0 Å². The van der Waals surface area contributed by atoms with Gasteiger partial charge in [0.05, 0.1) is 23.2 Å². The maximum absolute atomic E-state index is 12.0. The number of hydrogen-bond acceptors (Lipinski definition) is 4. The highest BCUT2D eigenvalue weighted by molar-refractivity contribution is 6.36. The predicted molar refractivity (Wildman–Crippen MR) is 79.2 cm³/mol. The Kier molecular flexibility index (Phi) is 5.60. The van der Waals surface area contributed by atoms with E-state index in [4.69, 9.17) is 23.2 Å². The summed E-state index contributed by atoms with van der Waals surface area (Å²) in [6.45, 7) is 1.12. The molecule has 1 amide bonds. The van der Waals surface area contributed by atoms with Gasteiger partial charge in [-0.15, -0.1) is 0 Å². The van der Waals surface area contributed by atoms with E-state index in [9.17, 15) is 9.90 Å². The quantitative estimate of drug-likeness (QED) is 0.893. The molecule has 0 aromatic carbocycles. The SMILES string of the molecule is O=C(CN1CCCCC1CO)Nc1ncc(Cl)cc1Cl. The molecule has 2 N–H and O–H groups in total. The Bertz CT molecular complexity index is 485. The van der Waals surface area contributed by atoms with Crippen LogP contribution in [0.1, 0.15) is 19.3 Å². The molecule has 0 bridgehead atoms. The first kappa shape index (κ1) is 15.5. The number of aliphatic hydroxyl groups is 1. The van der Waals surface area contributed by atoms with Crippen LogP contribution >= 0.6 is 23.2 Å². The Hall–Kier alpha value is -0.880. The number of nitrogens with zero attached hydrogens (tertiary/aromatic N) is 2. The zero-order valence-electron chi connectivity index (χ0n) is 11.0. The maximum Gasteiger partial charge on any atom is 0.239 e. The van der Waals surface area contributed by atoms with Gasteiger partial charge in [-0.3, -0.25) is 9.69 Å². The number of amides is 1. The fraction of sp³-hybridized carbons (Fsp3) is 0.538. The van der Waals surface area contributed by atoms with Crippen molar-refractivity contribution < 1.29 is 9.90 Å². The van der Waals surface area contributed by atoms with Crippen LogP contribution in [0.4, 0.5) is 5.82 Å². The predicted octanol–water partition coefficient (Wildman–Crippen LogP) is 2.17. The van der Waals surface area contributed by atoms with Gasteiger partial charge >= 0.3 is 0 Å². The smallest absolute Gasteiger partial charge is 0.239 e. The van der Waals surface area contributed by atoms with E-state index in [-0.39, 0.29) is 25.1 Å². The van der Waals surface area contributed by atoms with Crippen molar-refractivity contribution in [3.05, 3.63) is 22.3 Å². The first-order valence-corrected chi connectivity index (χ1v) is 7.31. The average Bonchev–Trinajstić information content (AvgIpc) is 2.42.